The summed E-state index contributed by atoms with van der Waals surface area (Å²) in [5, 5.41) is 13.1. The van der Waals surface area contributed by atoms with Gasteiger partial charge in [0.25, 0.3) is 0 Å². The van der Waals surface area contributed by atoms with E-state index < -0.39 is 17.2 Å². The molecule has 0 spiro atoms. The van der Waals surface area contributed by atoms with Gasteiger partial charge in [-0.2, -0.15) is 0 Å². The van der Waals surface area contributed by atoms with Crippen LogP contribution in [0.2, 0.25) is 0 Å². The molecule has 0 bridgehead atoms. The Morgan fingerprint density at radius 3 is 2.52 bits per heavy atom. The van der Waals surface area contributed by atoms with Gasteiger partial charge in [-0.1, -0.05) is 48.2 Å². The average Bonchev–Trinajstić information content (AvgIpc) is 3.10. The van der Waals surface area contributed by atoms with E-state index in [2.05, 4.69) is 20.8 Å². The van der Waals surface area contributed by atoms with Crippen LogP contribution < -0.4 is 10.6 Å². The fourth-order valence-corrected chi connectivity index (χ4v) is 3.25. The molecule has 0 aliphatic carbocycles. The average molecular weight is 381 g/mol. The van der Waals surface area contributed by atoms with Crippen LogP contribution in [0.25, 0.3) is 5.69 Å². The first-order chi connectivity index (χ1) is 13.0. The number of amides is 3. The standard InChI is InChI=1S/C19H19N5O2S/c1-13-8-6-7-11-16(13)24-12-20-23-19(24)27-14(2)17(25)22-18(26)21-15-9-4-3-5-10-15/h3-12,14H,1-2H3,(H2,21,22,25,26). The van der Waals surface area contributed by atoms with Crippen LogP contribution in [-0.2, 0) is 4.79 Å². The topological polar surface area (TPSA) is 88.9 Å². The van der Waals surface area contributed by atoms with Gasteiger partial charge in [0.2, 0.25) is 5.91 Å². The molecule has 1 atom stereocenters. The lowest BCUT2D eigenvalue weighted by atomic mass is 10.2. The van der Waals surface area contributed by atoms with Crippen molar-refractivity contribution in [3.8, 4) is 5.69 Å². The number of hydrogen-bond acceptors (Lipinski definition) is 5. The minimum Gasteiger partial charge on any atom is -0.308 e. The molecule has 0 fully saturated rings. The summed E-state index contributed by atoms with van der Waals surface area (Å²) in [4.78, 5) is 24.3. The summed E-state index contributed by atoms with van der Waals surface area (Å²) in [5.41, 5.74) is 2.63. The number of carbonyl (C=O) groups excluding carboxylic acids is 2. The van der Waals surface area contributed by atoms with E-state index in [4.69, 9.17) is 0 Å². The van der Waals surface area contributed by atoms with Gasteiger partial charge in [0.15, 0.2) is 5.16 Å². The number of imide groups is 1. The first-order valence-corrected chi connectivity index (χ1v) is 9.22. The highest BCUT2D eigenvalue weighted by Crippen LogP contribution is 2.25. The summed E-state index contributed by atoms with van der Waals surface area (Å²) in [6, 6.07) is 16.2. The van der Waals surface area contributed by atoms with Gasteiger partial charge in [-0.3, -0.25) is 14.7 Å². The highest BCUT2D eigenvalue weighted by atomic mass is 32.2. The maximum absolute atomic E-state index is 12.3. The molecule has 2 N–H and O–H groups in total. The fourth-order valence-electron chi connectivity index (χ4n) is 2.41. The molecule has 0 aliphatic heterocycles. The highest BCUT2D eigenvalue weighted by molar-refractivity contribution is 8.00. The van der Waals surface area contributed by atoms with Crippen molar-refractivity contribution in [2.75, 3.05) is 5.32 Å². The molecule has 0 saturated heterocycles. The van der Waals surface area contributed by atoms with Gasteiger partial charge in [0, 0.05) is 5.69 Å². The van der Waals surface area contributed by atoms with Crippen LogP contribution in [0.1, 0.15) is 12.5 Å². The number of nitrogens with zero attached hydrogens (tertiary/aromatic N) is 3. The van der Waals surface area contributed by atoms with Crippen molar-refractivity contribution >= 4 is 29.4 Å². The molecule has 3 aromatic rings. The lowest BCUT2D eigenvalue weighted by Gasteiger charge is -2.13. The Hall–Kier alpha value is -3.13. The number of benzene rings is 2. The monoisotopic (exact) mass is 381 g/mol. The predicted molar refractivity (Wildman–Crippen MR) is 105 cm³/mol. The number of hydrogen-bond donors (Lipinski definition) is 2. The molecule has 0 aliphatic rings. The molecular weight excluding hydrogens is 362 g/mol. The van der Waals surface area contributed by atoms with Crippen molar-refractivity contribution < 1.29 is 9.59 Å². The Morgan fingerprint density at radius 1 is 1.07 bits per heavy atom. The zero-order valence-corrected chi connectivity index (χ0v) is 15.7. The van der Waals surface area contributed by atoms with Crippen LogP contribution in [-0.4, -0.2) is 32.0 Å². The van der Waals surface area contributed by atoms with Crippen LogP contribution in [0.5, 0.6) is 0 Å². The molecule has 1 unspecified atom stereocenters. The summed E-state index contributed by atoms with van der Waals surface area (Å²) >= 11 is 1.23. The van der Waals surface area contributed by atoms with Gasteiger partial charge < -0.3 is 5.32 Å². The van der Waals surface area contributed by atoms with Gasteiger partial charge >= 0.3 is 6.03 Å². The fraction of sp³-hybridized carbons (Fsp3) is 0.158. The quantitative estimate of drug-likeness (QED) is 0.661. The third-order valence-corrected chi connectivity index (χ3v) is 4.87. The third-order valence-electron chi connectivity index (χ3n) is 3.81. The second-order valence-electron chi connectivity index (χ2n) is 5.84. The zero-order chi connectivity index (χ0) is 19.2. The van der Waals surface area contributed by atoms with Crippen LogP contribution in [0, 0.1) is 6.92 Å². The summed E-state index contributed by atoms with van der Waals surface area (Å²) in [6.07, 6.45) is 1.61. The molecule has 1 heterocycles. The molecule has 0 saturated carbocycles. The van der Waals surface area contributed by atoms with E-state index in [9.17, 15) is 9.59 Å². The number of thioether (sulfide) groups is 1. The molecule has 7 nitrogen and oxygen atoms in total. The molecule has 3 rings (SSSR count). The molecule has 1 aromatic heterocycles. The third kappa shape index (κ3) is 4.73. The van der Waals surface area contributed by atoms with Crippen LogP contribution in [0.4, 0.5) is 10.5 Å². The van der Waals surface area contributed by atoms with E-state index in [0.717, 1.165) is 11.3 Å². The number of aromatic nitrogens is 3. The molecular formula is C19H19N5O2S. The van der Waals surface area contributed by atoms with Gasteiger partial charge in [-0.05, 0) is 37.6 Å². The van der Waals surface area contributed by atoms with Crippen molar-refractivity contribution in [2.45, 2.75) is 24.3 Å². The van der Waals surface area contributed by atoms with E-state index in [1.807, 2.05) is 41.8 Å². The Morgan fingerprint density at radius 2 is 1.78 bits per heavy atom. The van der Waals surface area contributed by atoms with E-state index in [1.165, 1.54) is 11.8 Å². The van der Waals surface area contributed by atoms with Crippen LogP contribution >= 0.6 is 11.8 Å². The van der Waals surface area contributed by atoms with Gasteiger partial charge in [-0.15, -0.1) is 10.2 Å². The number of aryl methyl sites for hydroxylation is 1. The Balaban J connectivity index is 1.63. The number of urea groups is 1. The Labute approximate surface area is 161 Å². The number of nitrogens with one attached hydrogen (secondary N) is 2. The van der Waals surface area contributed by atoms with Crippen molar-refractivity contribution in [3.05, 3.63) is 66.5 Å². The Bertz CT molecular complexity index is 942. The van der Waals surface area contributed by atoms with Crippen molar-refractivity contribution in [2.24, 2.45) is 0 Å². The smallest absolute Gasteiger partial charge is 0.308 e. The molecule has 8 heteroatoms. The predicted octanol–water partition coefficient (Wildman–Crippen LogP) is 3.40. The lowest BCUT2D eigenvalue weighted by molar-refractivity contribution is -0.119. The first-order valence-electron chi connectivity index (χ1n) is 8.34. The molecule has 0 radical (unpaired) electrons. The zero-order valence-electron chi connectivity index (χ0n) is 14.9. The number of anilines is 1. The first kappa shape index (κ1) is 18.7. The largest absolute Gasteiger partial charge is 0.325 e. The number of para-hydroxylation sites is 2. The van der Waals surface area contributed by atoms with E-state index in [-0.39, 0.29) is 0 Å². The SMILES string of the molecule is Cc1ccccc1-n1cnnc1SC(C)C(=O)NC(=O)Nc1ccccc1. The van der Waals surface area contributed by atoms with Crippen molar-refractivity contribution in [1.82, 2.24) is 20.1 Å². The van der Waals surface area contributed by atoms with Crippen LogP contribution in [0.3, 0.4) is 0 Å². The van der Waals surface area contributed by atoms with E-state index in [1.54, 1.807) is 37.5 Å². The minimum atomic E-state index is -0.570. The molecule has 27 heavy (non-hydrogen) atoms. The van der Waals surface area contributed by atoms with Gasteiger partial charge in [0.1, 0.15) is 6.33 Å². The maximum Gasteiger partial charge on any atom is 0.325 e. The van der Waals surface area contributed by atoms with Crippen molar-refractivity contribution in [3.63, 3.8) is 0 Å². The maximum atomic E-state index is 12.3. The summed E-state index contributed by atoms with van der Waals surface area (Å²) < 4.78 is 1.83. The number of carbonyl (C=O) groups is 2. The second-order valence-corrected chi connectivity index (χ2v) is 7.15. The lowest BCUT2D eigenvalue weighted by Crippen LogP contribution is -2.38. The Kier molecular flexibility index (Phi) is 5.87. The van der Waals surface area contributed by atoms with Crippen molar-refractivity contribution in [1.29, 1.82) is 0 Å². The second kappa shape index (κ2) is 8.50. The molecule has 138 valence electrons. The summed E-state index contributed by atoms with van der Waals surface area (Å²) in [6.45, 7) is 3.71. The number of rotatable bonds is 5. The van der Waals surface area contributed by atoms with E-state index in [0.29, 0.717) is 10.8 Å². The van der Waals surface area contributed by atoms with Gasteiger partial charge in [0.05, 0.1) is 10.9 Å². The normalized spacial score (nSPS) is 11.6. The van der Waals surface area contributed by atoms with Crippen LogP contribution in [0.15, 0.2) is 66.1 Å². The minimum absolute atomic E-state index is 0.409. The van der Waals surface area contributed by atoms with E-state index >= 15 is 0 Å². The van der Waals surface area contributed by atoms with Gasteiger partial charge in [-0.25, -0.2) is 4.79 Å². The molecule has 3 amide bonds. The molecule has 2 aromatic carbocycles. The highest BCUT2D eigenvalue weighted by Gasteiger charge is 2.20. The summed E-state index contributed by atoms with van der Waals surface area (Å²) in [5.74, 6) is -0.409. The summed E-state index contributed by atoms with van der Waals surface area (Å²) in [7, 11) is 0.